The molecule has 26 heavy (non-hydrogen) atoms. The quantitative estimate of drug-likeness (QED) is 0.654. The molecule has 1 aliphatic rings. The van der Waals surface area contributed by atoms with Gasteiger partial charge in [-0.25, -0.2) is 13.4 Å². The minimum Gasteiger partial charge on any atom is -0.313 e. The van der Waals surface area contributed by atoms with Gasteiger partial charge in [0.25, 0.3) is 11.8 Å². The molecule has 0 N–H and O–H groups in total. The van der Waals surface area contributed by atoms with Crippen molar-refractivity contribution >= 4 is 32.7 Å². The predicted octanol–water partition coefficient (Wildman–Crippen LogP) is 1.74. The SMILES string of the molecule is CS(=O)(=O)c1nc2ccccc2n1CCN1C(=O)c2ccccc2C1=O. The molecule has 0 aliphatic carbocycles. The Balaban J connectivity index is 1.69. The second-order valence-electron chi connectivity index (χ2n) is 6.11. The Bertz CT molecular complexity index is 1130. The van der Waals surface area contributed by atoms with Gasteiger partial charge in [0.15, 0.2) is 0 Å². The van der Waals surface area contributed by atoms with Crippen LogP contribution < -0.4 is 0 Å². The Morgan fingerprint density at radius 1 is 0.885 bits per heavy atom. The minimum absolute atomic E-state index is 0.0647. The van der Waals surface area contributed by atoms with E-state index in [1.165, 1.54) is 4.57 Å². The van der Waals surface area contributed by atoms with Crippen LogP contribution >= 0.6 is 0 Å². The van der Waals surface area contributed by atoms with Crippen LogP contribution in [0.15, 0.2) is 53.7 Å². The van der Waals surface area contributed by atoms with E-state index >= 15 is 0 Å². The van der Waals surface area contributed by atoms with Crippen molar-refractivity contribution in [1.82, 2.24) is 14.5 Å². The Labute approximate surface area is 149 Å². The van der Waals surface area contributed by atoms with E-state index in [-0.39, 0.29) is 30.1 Å². The molecule has 1 aliphatic heterocycles. The molecule has 3 aromatic rings. The Hall–Kier alpha value is -3.00. The summed E-state index contributed by atoms with van der Waals surface area (Å²) in [7, 11) is -3.56. The zero-order valence-electron chi connectivity index (χ0n) is 13.9. The van der Waals surface area contributed by atoms with Crippen molar-refractivity contribution in [3.05, 3.63) is 59.7 Å². The molecule has 0 spiro atoms. The van der Waals surface area contributed by atoms with Gasteiger partial charge >= 0.3 is 0 Å². The molecule has 2 amide bonds. The van der Waals surface area contributed by atoms with Gasteiger partial charge in [0.1, 0.15) is 0 Å². The first kappa shape index (κ1) is 16.5. The maximum absolute atomic E-state index is 12.5. The van der Waals surface area contributed by atoms with E-state index in [9.17, 15) is 18.0 Å². The first-order valence-electron chi connectivity index (χ1n) is 7.98. The molecule has 0 saturated carbocycles. The molecule has 7 nitrogen and oxygen atoms in total. The maximum atomic E-state index is 12.5. The van der Waals surface area contributed by atoms with Crippen LogP contribution in [0.25, 0.3) is 11.0 Å². The molecule has 2 heterocycles. The highest BCUT2D eigenvalue weighted by Gasteiger charge is 2.35. The van der Waals surface area contributed by atoms with E-state index in [1.54, 1.807) is 48.5 Å². The largest absolute Gasteiger partial charge is 0.313 e. The van der Waals surface area contributed by atoms with Gasteiger partial charge in [-0.1, -0.05) is 24.3 Å². The molecular weight excluding hydrogens is 354 g/mol. The minimum atomic E-state index is -3.56. The summed E-state index contributed by atoms with van der Waals surface area (Å²) >= 11 is 0. The average molecular weight is 369 g/mol. The summed E-state index contributed by atoms with van der Waals surface area (Å²) in [6, 6.07) is 13.7. The number of para-hydroxylation sites is 2. The number of carbonyl (C=O) groups is 2. The number of imidazole rings is 1. The predicted molar refractivity (Wildman–Crippen MR) is 94.7 cm³/mol. The molecule has 132 valence electrons. The second kappa shape index (κ2) is 5.77. The lowest BCUT2D eigenvalue weighted by Gasteiger charge is -2.15. The molecule has 0 fully saturated rings. The first-order valence-corrected chi connectivity index (χ1v) is 9.87. The normalized spacial score (nSPS) is 14.3. The lowest BCUT2D eigenvalue weighted by molar-refractivity contribution is 0.0648. The van der Waals surface area contributed by atoms with Crippen molar-refractivity contribution in [3.8, 4) is 0 Å². The van der Waals surface area contributed by atoms with Gasteiger partial charge in [0.05, 0.1) is 22.2 Å². The van der Waals surface area contributed by atoms with Gasteiger partial charge in [0.2, 0.25) is 15.0 Å². The van der Waals surface area contributed by atoms with Crippen molar-refractivity contribution in [2.75, 3.05) is 12.8 Å². The fourth-order valence-corrected chi connectivity index (χ4v) is 4.05. The Morgan fingerprint density at radius 3 is 2.08 bits per heavy atom. The summed E-state index contributed by atoms with van der Waals surface area (Å²) in [5.74, 6) is -0.730. The molecule has 0 atom stereocenters. The Kier molecular flexibility index (Phi) is 3.66. The van der Waals surface area contributed by atoms with Crippen molar-refractivity contribution in [2.45, 2.75) is 11.7 Å². The summed E-state index contributed by atoms with van der Waals surface area (Å²) in [5.41, 5.74) is 1.94. The molecule has 8 heteroatoms. The molecule has 4 rings (SSSR count). The zero-order valence-corrected chi connectivity index (χ0v) is 14.7. The number of rotatable bonds is 4. The molecule has 0 unspecified atom stereocenters. The van der Waals surface area contributed by atoms with Crippen LogP contribution in [0.1, 0.15) is 20.7 Å². The van der Waals surface area contributed by atoms with E-state index in [4.69, 9.17) is 0 Å². The topological polar surface area (TPSA) is 89.3 Å². The summed E-state index contributed by atoms with van der Waals surface area (Å²) in [6.07, 6.45) is 1.09. The lowest BCUT2D eigenvalue weighted by Crippen LogP contribution is -2.33. The van der Waals surface area contributed by atoms with Crippen LogP contribution in [0, 0.1) is 0 Å². The van der Waals surface area contributed by atoms with Gasteiger partial charge in [-0.15, -0.1) is 0 Å². The number of sulfone groups is 1. The van der Waals surface area contributed by atoms with Gasteiger partial charge in [0, 0.05) is 19.3 Å². The molecule has 0 bridgehead atoms. The van der Waals surface area contributed by atoms with Gasteiger partial charge in [-0.2, -0.15) is 0 Å². The van der Waals surface area contributed by atoms with Gasteiger partial charge in [-0.3, -0.25) is 14.5 Å². The summed E-state index contributed by atoms with van der Waals surface area (Å²) < 4.78 is 25.7. The number of imide groups is 1. The van der Waals surface area contributed by atoms with Crippen molar-refractivity contribution < 1.29 is 18.0 Å². The number of hydrogen-bond donors (Lipinski definition) is 0. The number of nitrogens with zero attached hydrogens (tertiary/aromatic N) is 3. The van der Waals surface area contributed by atoms with Crippen LogP contribution in [0.5, 0.6) is 0 Å². The highest BCUT2D eigenvalue weighted by atomic mass is 32.2. The number of benzene rings is 2. The average Bonchev–Trinajstić information content (AvgIpc) is 3.11. The zero-order chi connectivity index (χ0) is 18.5. The van der Waals surface area contributed by atoms with Crippen LogP contribution in [-0.4, -0.2) is 47.5 Å². The van der Waals surface area contributed by atoms with Crippen molar-refractivity contribution in [2.24, 2.45) is 0 Å². The number of aromatic nitrogens is 2. The first-order chi connectivity index (χ1) is 12.4. The van der Waals surface area contributed by atoms with Gasteiger partial charge in [-0.05, 0) is 24.3 Å². The Morgan fingerprint density at radius 2 is 1.46 bits per heavy atom. The number of carbonyl (C=O) groups excluding carboxylic acids is 2. The highest BCUT2D eigenvalue weighted by Crippen LogP contribution is 2.24. The number of amides is 2. The van der Waals surface area contributed by atoms with Crippen molar-refractivity contribution in [1.29, 1.82) is 0 Å². The van der Waals surface area contributed by atoms with Gasteiger partial charge < -0.3 is 4.57 Å². The van der Waals surface area contributed by atoms with Crippen molar-refractivity contribution in [3.63, 3.8) is 0 Å². The smallest absolute Gasteiger partial charge is 0.261 e. The molecule has 1 aromatic heterocycles. The third-order valence-electron chi connectivity index (χ3n) is 4.38. The van der Waals surface area contributed by atoms with E-state index in [0.29, 0.717) is 22.2 Å². The summed E-state index contributed by atoms with van der Waals surface area (Å²) in [5, 5.41) is -0.0738. The lowest BCUT2D eigenvalue weighted by atomic mass is 10.1. The van der Waals surface area contributed by atoms with E-state index < -0.39 is 9.84 Å². The molecule has 0 saturated heterocycles. The molecule has 0 radical (unpaired) electrons. The summed E-state index contributed by atoms with van der Waals surface area (Å²) in [6.45, 7) is 0.212. The standard InChI is InChI=1S/C18H15N3O4S/c1-26(24,25)18-19-14-8-4-5-9-15(14)20(18)10-11-21-16(22)12-6-2-3-7-13(12)17(21)23/h2-9H,10-11H2,1H3. The third kappa shape index (κ3) is 2.50. The summed E-state index contributed by atoms with van der Waals surface area (Å²) in [4.78, 5) is 30.3. The second-order valence-corrected chi connectivity index (χ2v) is 8.02. The monoisotopic (exact) mass is 369 g/mol. The maximum Gasteiger partial charge on any atom is 0.261 e. The van der Waals surface area contributed by atoms with E-state index in [2.05, 4.69) is 4.98 Å². The van der Waals surface area contributed by atoms with Crippen LogP contribution in [-0.2, 0) is 16.4 Å². The highest BCUT2D eigenvalue weighted by molar-refractivity contribution is 7.90. The number of hydrogen-bond acceptors (Lipinski definition) is 5. The fourth-order valence-electron chi connectivity index (χ4n) is 3.19. The van der Waals surface area contributed by atoms with Crippen LogP contribution in [0.2, 0.25) is 0 Å². The fraction of sp³-hybridized carbons (Fsp3) is 0.167. The van der Waals surface area contributed by atoms with E-state index in [0.717, 1.165) is 11.2 Å². The number of fused-ring (bicyclic) bond motifs is 2. The molecular formula is C18H15N3O4S. The van der Waals surface area contributed by atoms with E-state index in [1.807, 2.05) is 0 Å². The molecule has 2 aromatic carbocycles. The van der Waals surface area contributed by atoms with Crippen LogP contribution in [0.4, 0.5) is 0 Å². The van der Waals surface area contributed by atoms with Crippen LogP contribution in [0.3, 0.4) is 0 Å². The third-order valence-corrected chi connectivity index (χ3v) is 5.35.